The fourth-order valence-corrected chi connectivity index (χ4v) is 1.06. The van der Waals surface area contributed by atoms with Crippen molar-refractivity contribution in [1.82, 2.24) is 0 Å². The van der Waals surface area contributed by atoms with Crippen LogP contribution >= 0.6 is 0 Å². The van der Waals surface area contributed by atoms with Crippen LogP contribution in [0.15, 0.2) is 0 Å². The average Bonchev–Trinajstić information content (AvgIpc) is 1.72. The summed E-state index contributed by atoms with van der Waals surface area (Å²) in [5.74, 6) is 0. The van der Waals surface area contributed by atoms with Gasteiger partial charge in [0.15, 0.2) is 0 Å². The van der Waals surface area contributed by atoms with Gasteiger partial charge >= 0.3 is 17.1 Å². The molecule has 0 amide bonds. The van der Waals surface area contributed by atoms with Gasteiger partial charge in [0, 0.05) is 0 Å². The fourth-order valence-electron chi connectivity index (χ4n) is 1.06. The van der Waals surface area contributed by atoms with Gasteiger partial charge in [0.1, 0.15) is 0 Å². The maximum atomic E-state index is 1.50. The molecule has 0 aromatic rings. The first kappa shape index (κ1) is 7.52. The summed E-state index contributed by atoms with van der Waals surface area (Å²) in [4.78, 5) is 0. The third-order valence-electron chi connectivity index (χ3n) is 1.50. The van der Waals surface area contributed by atoms with Crippen molar-refractivity contribution in [3.05, 3.63) is 0 Å². The Labute approximate surface area is 56.2 Å². The van der Waals surface area contributed by atoms with Crippen LogP contribution < -0.4 is 0 Å². The summed E-state index contributed by atoms with van der Waals surface area (Å²) in [5, 5.41) is 0. The zero-order valence-electron chi connectivity index (χ0n) is 4.74. The molecule has 1 aliphatic carbocycles. The summed E-state index contributed by atoms with van der Waals surface area (Å²) in [5.41, 5.74) is 0. The van der Waals surface area contributed by atoms with E-state index in [0.29, 0.717) is 0 Å². The van der Waals surface area contributed by atoms with Crippen LogP contribution in [0, 0.1) is 0 Å². The van der Waals surface area contributed by atoms with Crippen molar-refractivity contribution in [3.63, 3.8) is 0 Å². The van der Waals surface area contributed by atoms with E-state index in [1.54, 1.807) is 0 Å². The Morgan fingerprint density at radius 2 is 0.571 bits per heavy atom. The first-order valence-electron chi connectivity index (χ1n) is 3.00. The molecule has 7 heavy (non-hydrogen) atoms. The van der Waals surface area contributed by atoms with Crippen LogP contribution in [0.2, 0.25) is 0 Å². The van der Waals surface area contributed by atoms with Gasteiger partial charge in [-0.2, -0.15) is 0 Å². The van der Waals surface area contributed by atoms with Gasteiger partial charge in [-0.25, -0.2) is 0 Å². The van der Waals surface area contributed by atoms with E-state index in [0.717, 1.165) is 0 Å². The van der Waals surface area contributed by atoms with Gasteiger partial charge < -0.3 is 0 Å². The first-order chi connectivity index (χ1) is 3.00. The Morgan fingerprint density at radius 3 is 0.714 bits per heavy atom. The van der Waals surface area contributed by atoms with E-state index in [-0.39, 0.29) is 17.1 Å². The van der Waals surface area contributed by atoms with Crippen molar-refractivity contribution in [2.75, 3.05) is 0 Å². The van der Waals surface area contributed by atoms with E-state index in [4.69, 9.17) is 0 Å². The van der Waals surface area contributed by atoms with Crippen LogP contribution in [0.4, 0.5) is 0 Å². The summed E-state index contributed by atoms with van der Waals surface area (Å²) in [6.07, 6.45) is 9.00. The average molecular weight is 165 g/mol. The van der Waals surface area contributed by atoms with E-state index in [1.165, 1.54) is 38.5 Å². The Balaban J connectivity index is 0.000000360. The number of rotatable bonds is 0. The van der Waals surface area contributed by atoms with Gasteiger partial charge in [0.2, 0.25) is 0 Å². The van der Waals surface area contributed by atoms with Crippen molar-refractivity contribution in [1.29, 1.82) is 0 Å². The number of hydrogen-bond acceptors (Lipinski definition) is 0. The van der Waals surface area contributed by atoms with Crippen LogP contribution in [-0.4, -0.2) is 17.1 Å². The van der Waals surface area contributed by atoms with E-state index >= 15 is 0 Å². The molecule has 0 spiro atoms. The molecule has 0 nitrogen and oxygen atoms in total. The summed E-state index contributed by atoms with van der Waals surface area (Å²) in [6, 6.07) is 0. The van der Waals surface area contributed by atoms with Gasteiger partial charge in [0.25, 0.3) is 0 Å². The molecule has 0 atom stereocenters. The van der Waals surface area contributed by atoms with Crippen molar-refractivity contribution in [2.45, 2.75) is 38.5 Å². The van der Waals surface area contributed by atoms with Gasteiger partial charge in [-0.3, -0.25) is 0 Å². The van der Waals surface area contributed by atoms with Gasteiger partial charge in [0.05, 0.1) is 0 Å². The first-order valence-corrected chi connectivity index (χ1v) is 3.00. The van der Waals surface area contributed by atoms with Crippen LogP contribution in [0.25, 0.3) is 0 Å². The minimum absolute atomic E-state index is 0. The molecule has 1 heteroatoms. The Kier molecular flexibility index (Phi) is 5.02. The molecule has 0 bridgehead atoms. The predicted molar refractivity (Wildman–Crippen MR) is 36.2 cm³/mol. The van der Waals surface area contributed by atoms with Gasteiger partial charge in [-0.05, 0) is 0 Å². The van der Waals surface area contributed by atoms with E-state index in [2.05, 4.69) is 0 Å². The van der Waals surface area contributed by atoms with E-state index in [9.17, 15) is 0 Å². The van der Waals surface area contributed by atoms with Crippen molar-refractivity contribution < 1.29 is 0 Å². The number of hydrogen-bond donors (Lipinski definition) is 0. The molecule has 44 valence electrons. The quantitative estimate of drug-likeness (QED) is 0.476. The standard InChI is InChI=1S/C6H12.H2Se/c1-2-4-6-5-3-1;/h1-6H2;1H2. The normalized spacial score (nSPS) is 20.6. The van der Waals surface area contributed by atoms with E-state index in [1.807, 2.05) is 0 Å². The minimum atomic E-state index is 0. The molecule has 0 unspecified atom stereocenters. The fraction of sp³-hybridized carbons (Fsp3) is 1.00. The second-order valence-corrected chi connectivity index (χ2v) is 2.12. The van der Waals surface area contributed by atoms with Crippen molar-refractivity contribution in [2.24, 2.45) is 0 Å². The summed E-state index contributed by atoms with van der Waals surface area (Å²) < 4.78 is 0. The zero-order valence-corrected chi connectivity index (χ0v) is 6.84. The van der Waals surface area contributed by atoms with Crippen molar-refractivity contribution in [3.8, 4) is 0 Å². The molecule has 0 aromatic heterocycles. The second-order valence-electron chi connectivity index (χ2n) is 2.12. The van der Waals surface area contributed by atoms with Gasteiger partial charge in [-0.1, -0.05) is 38.5 Å². The molecule has 1 fully saturated rings. The summed E-state index contributed by atoms with van der Waals surface area (Å²) >= 11 is 0. The molecule has 0 heterocycles. The van der Waals surface area contributed by atoms with Crippen molar-refractivity contribution >= 4 is 17.1 Å². The Morgan fingerprint density at radius 1 is 0.429 bits per heavy atom. The summed E-state index contributed by atoms with van der Waals surface area (Å²) in [6.45, 7) is 0. The topological polar surface area (TPSA) is 0 Å². The Hall–Kier alpha value is 0.519. The molecule has 1 aliphatic rings. The zero-order chi connectivity index (χ0) is 4.24. The van der Waals surface area contributed by atoms with Crippen LogP contribution in [0.3, 0.4) is 0 Å². The monoisotopic (exact) mass is 166 g/mol. The molecule has 0 aromatic carbocycles. The van der Waals surface area contributed by atoms with Crippen LogP contribution in [0.5, 0.6) is 0 Å². The second kappa shape index (κ2) is 4.67. The summed E-state index contributed by atoms with van der Waals surface area (Å²) in [7, 11) is 0. The molecule has 0 N–H and O–H groups in total. The van der Waals surface area contributed by atoms with Crippen LogP contribution in [0.1, 0.15) is 38.5 Å². The SMILES string of the molecule is C1CCCCC1.[SeH2]. The maximum absolute atomic E-state index is 1.50. The molecule has 0 radical (unpaired) electrons. The van der Waals surface area contributed by atoms with E-state index < -0.39 is 0 Å². The third-order valence-corrected chi connectivity index (χ3v) is 1.50. The van der Waals surface area contributed by atoms with Crippen LogP contribution in [-0.2, 0) is 0 Å². The predicted octanol–water partition coefficient (Wildman–Crippen LogP) is 1.42. The molecular weight excluding hydrogens is 151 g/mol. The van der Waals surface area contributed by atoms with Gasteiger partial charge in [-0.15, -0.1) is 0 Å². The molecule has 0 saturated heterocycles. The third kappa shape index (κ3) is 3.13. The molecular formula is C6H14Se. The molecule has 0 aliphatic heterocycles. The molecule has 1 saturated carbocycles. The Bertz CT molecular complexity index is 19.7. The molecule has 1 rings (SSSR count).